The van der Waals surface area contributed by atoms with Crippen LogP contribution in [0.1, 0.15) is 29.9 Å². The van der Waals surface area contributed by atoms with Gasteiger partial charge in [0.05, 0.1) is 25.6 Å². The van der Waals surface area contributed by atoms with Gasteiger partial charge in [-0.25, -0.2) is 4.98 Å². The maximum absolute atomic E-state index is 13.6. The van der Waals surface area contributed by atoms with Crippen LogP contribution >= 0.6 is 0 Å². The minimum Gasteiger partial charge on any atom is -0.472 e. The molecule has 0 unspecified atom stereocenters. The number of likely N-dealkylation sites (N-methyl/N-ethyl adjacent to an activating group) is 1. The van der Waals surface area contributed by atoms with Crippen molar-refractivity contribution in [2.45, 2.75) is 32.4 Å². The number of fused-ring (bicyclic) bond motifs is 1. The van der Waals surface area contributed by atoms with E-state index in [9.17, 15) is 14.7 Å². The molecule has 4 heterocycles. The topological polar surface area (TPSA) is 109 Å². The van der Waals surface area contributed by atoms with E-state index in [1.54, 1.807) is 47.7 Å². The van der Waals surface area contributed by atoms with E-state index in [4.69, 9.17) is 4.74 Å². The lowest BCUT2D eigenvalue weighted by Crippen LogP contribution is -2.50. The highest BCUT2D eigenvalue weighted by Crippen LogP contribution is 2.30. The highest BCUT2D eigenvalue weighted by atomic mass is 16.5. The number of nitrogens with zero attached hydrogens (tertiary/aromatic N) is 5. The summed E-state index contributed by atoms with van der Waals surface area (Å²) in [7, 11) is 1.74. The van der Waals surface area contributed by atoms with Gasteiger partial charge in [-0.1, -0.05) is 13.0 Å². The van der Waals surface area contributed by atoms with Crippen molar-refractivity contribution in [2.75, 3.05) is 26.7 Å². The largest absolute Gasteiger partial charge is 0.472 e. The zero-order valence-corrected chi connectivity index (χ0v) is 20.7. The number of aliphatic hydroxyl groups is 1. The van der Waals surface area contributed by atoms with Crippen molar-refractivity contribution in [1.29, 1.82) is 0 Å². The number of carbonyl (C=O) groups is 2. The van der Waals surface area contributed by atoms with Gasteiger partial charge in [0, 0.05) is 55.6 Å². The van der Waals surface area contributed by atoms with Crippen molar-refractivity contribution in [3.05, 3.63) is 72.4 Å². The van der Waals surface area contributed by atoms with Gasteiger partial charge in [-0.05, 0) is 42.8 Å². The van der Waals surface area contributed by atoms with Crippen molar-refractivity contribution in [3.8, 4) is 17.0 Å². The third-order valence-electron chi connectivity index (χ3n) is 6.47. The first-order valence-electron chi connectivity index (χ1n) is 12.0. The molecule has 2 amide bonds. The molecular weight excluding hydrogens is 458 g/mol. The van der Waals surface area contributed by atoms with E-state index in [0.29, 0.717) is 24.3 Å². The van der Waals surface area contributed by atoms with E-state index < -0.39 is 6.10 Å². The number of amides is 2. The molecule has 188 valence electrons. The lowest BCUT2D eigenvalue weighted by Gasteiger charge is -2.37. The van der Waals surface area contributed by atoms with E-state index in [2.05, 4.69) is 15.0 Å². The van der Waals surface area contributed by atoms with Gasteiger partial charge in [-0.3, -0.25) is 19.6 Å². The Labute approximate surface area is 210 Å². The number of hydrogen-bond donors (Lipinski definition) is 1. The summed E-state index contributed by atoms with van der Waals surface area (Å²) in [5.41, 5.74) is 2.66. The lowest BCUT2D eigenvalue weighted by atomic mass is 9.99. The van der Waals surface area contributed by atoms with Gasteiger partial charge >= 0.3 is 0 Å². The van der Waals surface area contributed by atoms with Crippen LogP contribution in [0.15, 0.2) is 61.2 Å². The number of aliphatic hydroxyl groups excluding tert-OH is 1. The number of pyridine rings is 3. The summed E-state index contributed by atoms with van der Waals surface area (Å²) in [6, 6.07) is 10.6. The van der Waals surface area contributed by atoms with Crippen molar-refractivity contribution in [3.63, 3.8) is 0 Å². The molecule has 3 aromatic rings. The van der Waals surface area contributed by atoms with Gasteiger partial charge in [-0.15, -0.1) is 0 Å². The Balaban J connectivity index is 1.62. The SMILES string of the molecule is C[C@H](CO)N1C[C@H](C)[C@@H](CN(C)C(=O)Cc2ccccn2)Oc2ncc(-c3ccncc3)cc2C1=O. The Bertz CT molecular complexity index is 1190. The van der Waals surface area contributed by atoms with Crippen molar-refractivity contribution in [2.24, 2.45) is 5.92 Å². The lowest BCUT2D eigenvalue weighted by molar-refractivity contribution is -0.130. The first-order valence-corrected chi connectivity index (χ1v) is 12.0. The van der Waals surface area contributed by atoms with Crippen LogP contribution in [0.3, 0.4) is 0 Å². The van der Waals surface area contributed by atoms with Gasteiger partial charge in [-0.2, -0.15) is 0 Å². The Morgan fingerprint density at radius 1 is 1.19 bits per heavy atom. The fourth-order valence-electron chi connectivity index (χ4n) is 4.19. The predicted molar refractivity (Wildman–Crippen MR) is 134 cm³/mol. The zero-order valence-electron chi connectivity index (χ0n) is 20.7. The second-order valence-corrected chi connectivity index (χ2v) is 9.21. The van der Waals surface area contributed by atoms with Gasteiger partial charge in [0.2, 0.25) is 11.8 Å². The summed E-state index contributed by atoms with van der Waals surface area (Å²) in [4.78, 5) is 42.5. The fourth-order valence-corrected chi connectivity index (χ4v) is 4.19. The third-order valence-corrected chi connectivity index (χ3v) is 6.47. The molecule has 0 spiro atoms. The van der Waals surface area contributed by atoms with E-state index >= 15 is 0 Å². The summed E-state index contributed by atoms with van der Waals surface area (Å²) in [6.45, 7) is 4.30. The fraction of sp³-hybridized carbons (Fsp3) is 0.370. The van der Waals surface area contributed by atoms with E-state index in [-0.39, 0.29) is 42.7 Å². The van der Waals surface area contributed by atoms with E-state index in [1.165, 1.54) is 0 Å². The van der Waals surface area contributed by atoms with Crippen molar-refractivity contribution in [1.82, 2.24) is 24.8 Å². The number of carbonyl (C=O) groups excluding carboxylic acids is 2. The van der Waals surface area contributed by atoms with Crippen LogP contribution in [0.2, 0.25) is 0 Å². The van der Waals surface area contributed by atoms with Crippen molar-refractivity contribution >= 4 is 11.8 Å². The first-order chi connectivity index (χ1) is 17.4. The van der Waals surface area contributed by atoms with Crippen LogP contribution in [0, 0.1) is 5.92 Å². The molecule has 1 N–H and O–H groups in total. The average Bonchev–Trinajstić information content (AvgIpc) is 2.91. The summed E-state index contributed by atoms with van der Waals surface area (Å²) in [5.74, 6) is -0.234. The van der Waals surface area contributed by atoms with Gasteiger partial charge in [0.15, 0.2) is 0 Å². The zero-order chi connectivity index (χ0) is 25.7. The third kappa shape index (κ3) is 5.68. The van der Waals surface area contributed by atoms with Gasteiger partial charge in [0.1, 0.15) is 11.7 Å². The number of hydrogen-bond acceptors (Lipinski definition) is 7. The van der Waals surface area contributed by atoms with Crippen molar-refractivity contribution < 1.29 is 19.4 Å². The molecule has 9 heteroatoms. The molecule has 0 bridgehead atoms. The maximum Gasteiger partial charge on any atom is 0.259 e. The highest BCUT2D eigenvalue weighted by molar-refractivity contribution is 5.98. The predicted octanol–water partition coefficient (Wildman–Crippen LogP) is 2.46. The molecule has 0 aromatic carbocycles. The molecule has 0 saturated carbocycles. The molecule has 4 rings (SSSR count). The van der Waals surface area contributed by atoms with E-state index in [0.717, 1.165) is 11.1 Å². The number of aromatic nitrogens is 3. The molecule has 0 aliphatic carbocycles. The number of ether oxygens (including phenoxy) is 1. The maximum atomic E-state index is 13.6. The minimum absolute atomic E-state index is 0.0792. The van der Waals surface area contributed by atoms with Crippen LogP contribution in [0.5, 0.6) is 5.88 Å². The van der Waals surface area contributed by atoms with Crippen LogP contribution in [-0.2, 0) is 11.2 Å². The molecule has 0 fully saturated rings. The molecule has 36 heavy (non-hydrogen) atoms. The minimum atomic E-state index is -0.415. The van der Waals surface area contributed by atoms with Gasteiger partial charge in [0.25, 0.3) is 5.91 Å². The summed E-state index contributed by atoms with van der Waals surface area (Å²) in [5, 5.41) is 9.85. The summed E-state index contributed by atoms with van der Waals surface area (Å²) >= 11 is 0. The quantitative estimate of drug-likeness (QED) is 0.543. The van der Waals surface area contributed by atoms with E-state index in [1.807, 2.05) is 44.2 Å². The number of rotatable bonds is 7. The van der Waals surface area contributed by atoms with Crippen LogP contribution in [0.4, 0.5) is 0 Å². The smallest absolute Gasteiger partial charge is 0.259 e. The summed E-state index contributed by atoms with van der Waals surface area (Å²) in [6.07, 6.45) is 6.47. The average molecular weight is 490 g/mol. The Kier molecular flexibility index (Phi) is 7.90. The Morgan fingerprint density at radius 3 is 2.67 bits per heavy atom. The first kappa shape index (κ1) is 25.2. The molecule has 9 nitrogen and oxygen atoms in total. The molecule has 0 saturated heterocycles. The Morgan fingerprint density at radius 2 is 1.97 bits per heavy atom. The molecule has 1 aliphatic rings. The van der Waals surface area contributed by atoms with Crippen LogP contribution in [-0.4, -0.2) is 80.6 Å². The standard InChI is InChI=1S/C27H31N5O4/c1-18-15-32(19(2)17-33)27(35)23-12-21(20-7-10-28-11-8-20)14-30-26(23)36-24(18)16-31(3)25(34)13-22-6-4-5-9-29-22/h4-12,14,18-19,24,33H,13,15-17H2,1-3H3/t18-,19+,24+/m0/s1. The molecule has 3 aromatic heterocycles. The van der Waals surface area contributed by atoms with Crippen LogP contribution in [0.25, 0.3) is 11.1 Å². The summed E-state index contributed by atoms with van der Waals surface area (Å²) < 4.78 is 6.30. The normalized spacial score (nSPS) is 18.4. The monoisotopic (exact) mass is 489 g/mol. The second-order valence-electron chi connectivity index (χ2n) is 9.21. The highest BCUT2D eigenvalue weighted by Gasteiger charge is 2.34. The molecule has 1 aliphatic heterocycles. The van der Waals surface area contributed by atoms with Crippen LogP contribution < -0.4 is 4.74 Å². The Hall–Kier alpha value is -3.85. The molecule has 3 atom stereocenters. The second kappa shape index (κ2) is 11.3. The molecular formula is C27H31N5O4. The van der Waals surface area contributed by atoms with Gasteiger partial charge < -0.3 is 19.6 Å². The molecule has 0 radical (unpaired) electrons.